The Hall–Kier alpha value is -1.36. The monoisotopic (exact) mass is 196 g/mol. The molecule has 2 heterocycles. The van der Waals surface area contributed by atoms with E-state index in [1.54, 1.807) is 6.07 Å². The second kappa shape index (κ2) is 2.85. The normalized spacial score (nSPS) is 10.8. The van der Waals surface area contributed by atoms with Gasteiger partial charge in [-0.1, -0.05) is 6.92 Å². The van der Waals surface area contributed by atoms with Crippen molar-refractivity contribution in [1.82, 2.24) is 9.97 Å². The Morgan fingerprint density at radius 3 is 3.08 bits per heavy atom. The minimum Gasteiger partial charge on any atom is -0.477 e. The van der Waals surface area contributed by atoms with Crippen molar-refractivity contribution in [2.24, 2.45) is 0 Å². The van der Waals surface area contributed by atoms with E-state index in [1.165, 1.54) is 11.3 Å². The number of fused-ring (bicyclic) bond motifs is 1. The van der Waals surface area contributed by atoms with Crippen molar-refractivity contribution < 1.29 is 9.90 Å². The number of aromatic amines is 1. The summed E-state index contributed by atoms with van der Waals surface area (Å²) in [6.45, 7) is 2.02. The van der Waals surface area contributed by atoms with Gasteiger partial charge in [-0.3, -0.25) is 0 Å². The number of rotatable bonds is 2. The van der Waals surface area contributed by atoms with Gasteiger partial charge in [-0.2, -0.15) is 0 Å². The lowest BCUT2D eigenvalue weighted by Gasteiger charge is -1.85. The second-order valence-electron chi connectivity index (χ2n) is 2.66. The highest BCUT2D eigenvalue weighted by atomic mass is 32.1. The molecule has 2 rings (SSSR count). The minimum atomic E-state index is -0.941. The maximum Gasteiger partial charge on any atom is 0.352 e. The summed E-state index contributed by atoms with van der Waals surface area (Å²) in [5.41, 5.74) is 0.885. The molecular weight excluding hydrogens is 188 g/mol. The maximum absolute atomic E-state index is 10.6. The zero-order chi connectivity index (χ0) is 9.42. The average Bonchev–Trinajstić information content (AvgIpc) is 2.58. The molecule has 0 radical (unpaired) electrons. The van der Waals surface area contributed by atoms with Gasteiger partial charge in [0.2, 0.25) is 0 Å². The van der Waals surface area contributed by atoms with Gasteiger partial charge in [0.05, 0.1) is 9.71 Å². The van der Waals surface area contributed by atoms with Crippen molar-refractivity contribution in [3.63, 3.8) is 0 Å². The van der Waals surface area contributed by atoms with Gasteiger partial charge >= 0.3 is 5.97 Å². The molecule has 2 aromatic heterocycles. The van der Waals surface area contributed by atoms with Crippen LogP contribution in [-0.2, 0) is 6.42 Å². The molecule has 2 aromatic rings. The summed E-state index contributed by atoms with van der Waals surface area (Å²) in [6.07, 6.45) is 0.885. The van der Waals surface area contributed by atoms with E-state index in [0.717, 1.165) is 16.1 Å². The fraction of sp³-hybridized carbons (Fsp3) is 0.250. The lowest BCUT2D eigenvalue weighted by Crippen LogP contribution is -1.95. The number of H-pyrrole nitrogens is 1. The van der Waals surface area contributed by atoms with Crippen LogP contribution in [0, 0.1) is 0 Å². The number of carboxylic acid groups (broad SMARTS) is 1. The number of nitrogens with zero attached hydrogens (tertiary/aromatic N) is 1. The van der Waals surface area contributed by atoms with Crippen LogP contribution in [0.5, 0.6) is 0 Å². The van der Waals surface area contributed by atoms with Crippen molar-refractivity contribution in [1.29, 1.82) is 0 Å². The van der Waals surface area contributed by atoms with E-state index in [9.17, 15) is 4.79 Å². The lowest BCUT2D eigenvalue weighted by atomic mass is 10.4. The van der Waals surface area contributed by atoms with Gasteiger partial charge in [0.15, 0.2) is 0 Å². The predicted molar refractivity (Wildman–Crippen MR) is 50.3 cm³/mol. The van der Waals surface area contributed by atoms with Crippen molar-refractivity contribution in [3.8, 4) is 0 Å². The molecule has 0 atom stereocenters. The molecule has 68 valence electrons. The average molecular weight is 196 g/mol. The molecule has 4 nitrogen and oxygen atoms in total. The number of nitrogens with one attached hydrogen (secondary N) is 1. The Morgan fingerprint density at radius 2 is 2.54 bits per heavy atom. The molecule has 0 aliphatic carbocycles. The smallest absolute Gasteiger partial charge is 0.352 e. The van der Waals surface area contributed by atoms with E-state index >= 15 is 0 Å². The van der Waals surface area contributed by atoms with Crippen molar-refractivity contribution in [3.05, 3.63) is 16.8 Å². The number of hydrogen-bond donors (Lipinski definition) is 2. The minimum absolute atomic E-state index is 0.205. The number of carbonyl (C=O) groups is 1. The first kappa shape index (κ1) is 8.25. The molecule has 0 aliphatic rings. The molecule has 13 heavy (non-hydrogen) atoms. The molecule has 0 unspecified atom stereocenters. The lowest BCUT2D eigenvalue weighted by molar-refractivity contribution is 0.0691. The van der Waals surface area contributed by atoms with E-state index in [4.69, 9.17) is 5.11 Å². The van der Waals surface area contributed by atoms with Crippen LogP contribution in [0.4, 0.5) is 0 Å². The Labute approximate surface area is 78.2 Å². The second-order valence-corrected chi connectivity index (χ2v) is 3.78. The molecular formula is C8H8N2O2S. The summed E-state index contributed by atoms with van der Waals surface area (Å²) in [6, 6.07) is 1.62. The molecule has 0 aromatic carbocycles. The molecule has 0 fully saturated rings. The van der Waals surface area contributed by atoms with E-state index in [1.807, 2.05) is 6.92 Å². The summed E-state index contributed by atoms with van der Waals surface area (Å²) in [7, 11) is 0. The van der Waals surface area contributed by atoms with Crippen LogP contribution in [0.25, 0.3) is 10.3 Å². The molecule has 0 saturated heterocycles. The topological polar surface area (TPSA) is 66.0 Å². The first-order chi connectivity index (χ1) is 6.20. The summed E-state index contributed by atoms with van der Waals surface area (Å²) < 4.78 is 0.911. The van der Waals surface area contributed by atoms with Crippen LogP contribution in [0.1, 0.15) is 22.4 Å². The fourth-order valence-electron chi connectivity index (χ4n) is 1.13. The largest absolute Gasteiger partial charge is 0.477 e. The molecule has 0 amide bonds. The van der Waals surface area contributed by atoms with Crippen LogP contribution < -0.4 is 0 Å². The van der Waals surface area contributed by atoms with Crippen LogP contribution in [0.15, 0.2) is 6.07 Å². The standard InChI is InChI=1S/C8H8N2O2S/c1-2-6-10-7-5(13-6)3-4(9-7)8(11)12/h3,9H,2H2,1H3,(H,11,12). The maximum atomic E-state index is 10.6. The Kier molecular flexibility index (Phi) is 1.81. The quantitative estimate of drug-likeness (QED) is 0.770. The molecule has 0 bridgehead atoms. The number of carboxylic acids is 1. The number of thiazole rings is 1. The molecule has 0 spiro atoms. The Morgan fingerprint density at radius 1 is 1.77 bits per heavy atom. The fourth-order valence-corrected chi connectivity index (χ4v) is 2.03. The highest BCUT2D eigenvalue weighted by Crippen LogP contribution is 2.22. The summed E-state index contributed by atoms with van der Waals surface area (Å²) in [4.78, 5) is 17.6. The van der Waals surface area contributed by atoms with Crippen molar-refractivity contribution >= 4 is 27.7 Å². The van der Waals surface area contributed by atoms with Gasteiger partial charge in [-0.05, 0) is 12.5 Å². The van der Waals surface area contributed by atoms with Crippen molar-refractivity contribution in [2.75, 3.05) is 0 Å². The zero-order valence-corrected chi connectivity index (χ0v) is 7.81. The molecule has 0 saturated carbocycles. The predicted octanol–water partition coefficient (Wildman–Crippen LogP) is 1.89. The van der Waals surface area contributed by atoms with E-state index in [-0.39, 0.29) is 5.69 Å². The van der Waals surface area contributed by atoms with Gasteiger partial charge in [0.25, 0.3) is 0 Å². The Bertz CT molecular complexity index is 426. The summed E-state index contributed by atoms with van der Waals surface area (Å²) >= 11 is 1.53. The molecule has 2 N–H and O–H groups in total. The van der Waals surface area contributed by atoms with E-state index in [2.05, 4.69) is 9.97 Å². The van der Waals surface area contributed by atoms with Crippen LogP contribution in [0.3, 0.4) is 0 Å². The van der Waals surface area contributed by atoms with E-state index in [0.29, 0.717) is 5.65 Å². The summed E-state index contributed by atoms with van der Waals surface area (Å²) in [5.74, 6) is -0.941. The van der Waals surface area contributed by atoms with Gasteiger partial charge in [-0.25, -0.2) is 9.78 Å². The summed E-state index contributed by atoms with van der Waals surface area (Å²) in [5, 5.41) is 9.70. The highest BCUT2D eigenvalue weighted by molar-refractivity contribution is 7.18. The number of aryl methyl sites for hydroxylation is 1. The Balaban J connectivity index is 2.54. The third kappa shape index (κ3) is 1.31. The third-order valence-corrected chi connectivity index (χ3v) is 2.91. The highest BCUT2D eigenvalue weighted by Gasteiger charge is 2.10. The molecule has 0 aliphatic heterocycles. The SMILES string of the molecule is CCc1nc2[nH]c(C(=O)O)cc2s1. The number of hydrogen-bond acceptors (Lipinski definition) is 3. The van der Waals surface area contributed by atoms with Gasteiger partial charge < -0.3 is 10.1 Å². The van der Waals surface area contributed by atoms with Crippen LogP contribution in [0.2, 0.25) is 0 Å². The van der Waals surface area contributed by atoms with Crippen LogP contribution >= 0.6 is 11.3 Å². The van der Waals surface area contributed by atoms with E-state index < -0.39 is 5.97 Å². The molecule has 5 heteroatoms. The van der Waals surface area contributed by atoms with Gasteiger partial charge in [0, 0.05) is 0 Å². The van der Waals surface area contributed by atoms with Gasteiger partial charge in [0.1, 0.15) is 11.3 Å². The van der Waals surface area contributed by atoms with Crippen molar-refractivity contribution in [2.45, 2.75) is 13.3 Å². The van der Waals surface area contributed by atoms with Gasteiger partial charge in [-0.15, -0.1) is 11.3 Å². The number of aromatic nitrogens is 2. The first-order valence-electron chi connectivity index (χ1n) is 3.92. The zero-order valence-electron chi connectivity index (χ0n) is 7.00. The number of aromatic carboxylic acids is 1. The van der Waals surface area contributed by atoms with Crippen LogP contribution in [-0.4, -0.2) is 21.0 Å². The first-order valence-corrected chi connectivity index (χ1v) is 4.74. The third-order valence-electron chi connectivity index (χ3n) is 1.76.